The Hall–Kier alpha value is -3.19. The molecule has 136 valence electrons. The van der Waals surface area contributed by atoms with Gasteiger partial charge < -0.3 is 13.7 Å². The average molecular weight is 380 g/mol. The van der Waals surface area contributed by atoms with Crippen LogP contribution >= 0.6 is 11.3 Å². The molecule has 0 aliphatic rings. The molecule has 0 bridgehead atoms. The molecule has 0 saturated heterocycles. The number of hydrogen-bond acceptors (Lipinski definition) is 5. The third kappa shape index (κ3) is 3.06. The van der Waals surface area contributed by atoms with Crippen molar-refractivity contribution >= 4 is 38.4 Å². The van der Waals surface area contributed by atoms with E-state index >= 15 is 0 Å². The van der Waals surface area contributed by atoms with Crippen LogP contribution in [0.4, 0.5) is 0 Å². The van der Waals surface area contributed by atoms with Crippen LogP contribution < -0.4 is 15.0 Å². The van der Waals surface area contributed by atoms with Gasteiger partial charge in [-0.2, -0.15) is 4.99 Å². The molecule has 7 heteroatoms. The topological polar surface area (TPSA) is 73.8 Å². The Morgan fingerprint density at radius 1 is 1.22 bits per heavy atom. The lowest BCUT2D eigenvalue weighted by Crippen LogP contribution is -2.14. The fourth-order valence-corrected chi connectivity index (χ4v) is 3.93. The number of ether oxygens (including phenoxy) is 1. The van der Waals surface area contributed by atoms with Crippen molar-refractivity contribution < 1.29 is 13.9 Å². The van der Waals surface area contributed by atoms with Crippen molar-refractivity contribution in [2.75, 3.05) is 6.61 Å². The molecule has 0 aliphatic heterocycles. The first-order valence-corrected chi connectivity index (χ1v) is 9.23. The smallest absolute Gasteiger partial charge is 0.315 e. The maximum absolute atomic E-state index is 12.6. The van der Waals surface area contributed by atoms with Crippen molar-refractivity contribution in [2.24, 2.45) is 12.0 Å². The molecule has 2 aromatic carbocycles. The van der Waals surface area contributed by atoms with Crippen molar-refractivity contribution in [3.05, 3.63) is 69.3 Å². The molecule has 0 saturated carbocycles. The maximum atomic E-state index is 12.6. The van der Waals surface area contributed by atoms with Gasteiger partial charge in [0.15, 0.2) is 16.0 Å². The summed E-state index contributed by atoms with van der Waals surface area (Å²) < 4.78 is 14.0. The van der Waals surface area contributed by atoms with Crippen LogP contribution in [0.2, 0.25) is 0 Å². The largest absolute Gasteiger partial charge is 0.492 e. The van der Waals surface area contributed by atoms with E-state index in [4.69, 9.17) is 9.15 Å². The van der Waals surface area contributed by atoms with Crippen LogP contribution in [0.5, 0.6) is 5.75 Å². The highest BCUT2D eigenvalue weighted by molar-refractivity contribution is 7.16. The van der Waals surface area contributed by atoms with Crippen molar-refractivity contribution in [3.63, 3.8) is 0 Å². The predicted molar refractivity (Wildman–Crippen MR) is 104 cm³/mol. The van der Waals surface area contributed by atoms with Gasteiger partial charge >= 0.3 is 5.91 Å². The van der Waals surface area contributed by atoms with E-state index in [0.717, 1.165) is 16.0 Å². The molecule has 4 rings (SSSR count). The number of rotatable bonds is 3. The quantitative estimate of drug-likeness (QED) is 0.545. The van der Waals surface area contributed by atoms with Crippen LogP contribution in [0.3, 0.4) is 0 Å². The fraction of sp³-hybridized carbons (Fsp3) is 0.150. The van der Waals surface area contributed by atoms with Crippen LogP contribution in [0.1, 0.15) is 17.5 Å². The Balaban J connectivity index is 1.84. The predicted octanol–water partition coefficient (Wildman–Crippen LogP) is 3.49. The number of thiazole rings is 1. The second-order valence-corrected chi connectivity index (χ2v) is 6.88. The normalized spacial score (nSPS) is 12.0. The van der Waals surface area contributed by atoms with E-state index < -0.39 is 5.91 Å². The molecule has 0 atom stereocenters. The number of aryl methyl sites for hydroxylation is 1. The zero-order chi connectivity index (χ0) is 19.0. The third-order valence-corrected chi connectivity index (χ3v) is 5.23. The summed E-state index contributed by atoms with van der Waals surface area (Å²) in [6.07, 6.45) is 0. The molecule has 1 amide bonds. The number of fused-ring (bicyclic) bond motifs is 2. The van der Waals surface area contributed by atoms with Gasteiger partial charge in [-0.25, -0.2) is 0 Å². The number of carbonyl (C=O) groups is 1. The molecule has 4 aromatic rings. The zero-order valence-electron chi connectivity index (χ0n) is 14.8. The summed E-state index contributed by atoms with van der Waals surface area (Å²) in [6, 6.07) is 13.7. The summed E-state index contributed by atoms with van der Waals surface area (Å²) in [5, 5.41) is 0.433. The Morgan fingerprint density at radius 3 is 2.85 bits per heavy atom. The molecular weight excluding hydrogens is 364 g/mol. The van der Waals surface area contributed by atoms with E-state index in [2.05, 4.69) is 4.99 Å². The van der Waals surface area contributed by atoms with Crippen molar-refractivity contribution in [2.45, 2.75) is 6.92 Å². The lowest BCUT2D eigenvalue weighted by atomic mass is 10.2. The molecule has 0 aliphatic carbocycles. The molecule has 0 unspecified atom stereocenters. The lowest BCUT2D eigenvalue weighted by Gasteiger charge is -2.05. The lowest BCUT2D eigenvalue weighted by molar-refractivity contribution is 0.0972. The Morgan fingerprint density at radius 2 is 2.04 bits per heavy atom. The second kappa shape index (κ2) is 6.85. The number of carbonyl (C=O) groups excluding carboxylic acids is 1. The molecule has 0 fully saturated rings. The minimum Gasteiger partial charge on any atom is -0.492 e. The van der Waals surface area contributed by atoms with Crippen LogP contribution in [0, 0.1) is 0 Å². The highest BCUT2D eigenvalue weighted by Crippen LogP contribution is 2.26. The molecule has 27 heavy (non-hydrogen) atoms. The highest BCUT2D eigenvalue weighted by Gasteiger charge is 2.14. The first kappa shape index (κ1) is 17.2. The SMILES string of the molecule is CCOc1cccc2sc(=NC(=O)c3cc(=O)c4ccccc4o3)n(C)c12. The first-order chi connectivity index (χ1) is 13.1. The van der Waals surface area contributed by atoms with Gasteiger partial charge in [0.1, 0.15) is 16.8 Å². The Bertz CT molecular complexity index is 1300. The van der Waals surface area contributed by atoms with Gasteiger partial charge in [0, 0.05) is 13.1 Å². The molecule has 0 radical (unpaired) electrons. The highest BCUT2D eigenvalue weighted by atomic mass is 32.1. The number of aromatic nitrogens is 1. The third-order valence-electron chi connectivity index (χ3n) is 4.13. The van der Waals surface area contributed by atoms with Crippen LogP contribution in [-0.2, 0) is 7.05 Å². The van der Waals surface area contributed by atoms with E-state index in [1.165, 1.54) is 17.4 Å². The summed E-state index contributed by atoms with van der Waals surface area (Å²) in [7, 11) is 1.82. The van der Waals surface area contributed by atoms with Crippen molar-refractivity contribution in [1.82, 2.24) is 4.57 Å². The molecule has 6 nitrogen and oxygen atoms in total. The van der Waals surface area contributed by atoms with E-state index in [1.54, 1.807) is 24.3 Å². The maximum Gasteiger partial charge on any atom is 0.315 e. The summed E-state index contributed by atoms with van der Waals surface area (Å²) in [4.78, 5) is 29.5. The molecule has 0 N–H and O–H groups in total. The minimum absolute atomic E-state index is 0.0822. The molecule has 2 heterocycles. The van der Waals surface area contributed by atoms with Crippen LogP contribution in [0.15, 0.2) is 62.7 Å². The number of nitrogens with zero attached hydrogens (tertiary/aromatic N) is 2. The fourth-order valence-electron chi connectivity index (χ4n) is 2.90. The number of hydrogen-bond donors (Lipinski definition) is 0. The first-order valence-electron chi connectivity index (χ1n) is 8.42. The van der Waals surface area contributed by atoms with Crippen LogP contribution in [0.25, 0.3) is 21.2 Å². The van der Waals surface area contributed by atoms with E-state index in [-0.39, 0.29) is 11.2 Å². The summed E-state index contributed by atoms with van der Waals surface area (Å²) in [5.74, 6) is 0.0547. The molecular formula is C20H16N2O4S. The molecule has 2 aromatic heterocycles. The standard InChI is InChI=1S/C20H16N2O4S/c1-3-25-15-9-6-10-17-18(15)22(2)20(27-17)21-19(24)16-11-13(23)12-7-4-5-8-14(12)26-16/h4-11H,3H2,1-2H3. The van der Waals surface area contributed by atoms with Gasteiger partial charge in [0.2, 0.25) is 0 Å². The summed E-state index contributed by atoms with van der Waals surface area (Å²) >= 11 is 1.37. The second-order valence-electron chi connectivity index (χ2n) is 5.87. The number of para-hydroxylation sites is 2. The van der Waals surface area contributed by atoms with Crippen molar-refractivity contribution in [1.29, 1.82) is 0 Å². The van der Waals surface area contributed by atoms with Crippen LogP contribution in [-0.4, -0.2) is 17.1 Å². The van der Waals surface area contributed by atoms with Gasteiger partial charge in [-0.15, -0.1) is 0 Å². The minimum atomic E-state index is -0.599. The summed E-state index contributed by atoms with van der Waals surface area (Å²) in [6.45, 7) is 2.46. The van der Waals surface area contributed by atoms with Gasteiger partial charge in [-0.3, -0.25) is 9.59 Å². The number of benzene rings is 2. The van der Waals surface area contributed by atoms with E-state index in [9.17, 15) is 9.59 Å². The molecule has 0 spiro atoms. The van der Waals surface area contributed by atoms with E-state index in [1.807, 2.05) is 36.7 Å². The monoisotopic (exact) mass is 380 g/mol. The van der Waals surface area contributed by atoms with Gasteiger partial charge in [-0.05, 0) is 31.2 Å². The van der Waals surface area contributed by atoms with Crippen molar-refractivity contribution in [3.8, 4) is 5.75 Å². The van der Waals surface area contributed by atoms with E-state index in [0.29, 0.717) is 22.4 Å². The zero-order valence-corrected chi connectivity index (χ0v) is 15.6. The summed E-state index contributed by atoms with van der Waals surface area (Å²) in [5.41, 5.74) is 0.966. The van der Waals surface area contributed by atoms with Gasteiger partial charge in [0.05, 0.1) is 16.7 Å². The van der Waals surface area contributed by atoms with Gasteiger partial charge in [-0.1, -0.05) is 29.5 Å². The average Bonchev–Trinajstić information content (AvgIpc) is 2.98. The Labute approximate surface area is 158 Å². The Kier molecular flexibility index (Phi) is 4.37. The van der Waals surface area contributed by atoms with Gasteiger partial charge in [0.25, 0.3) is 0 Å². The number of amides is 1.